The van der Waals surface area contributed by atoms with Crippen LogP contribution in [-0.2, 0) is 19.1 Å². The number of carbonyl (C=O) groups excluding carboxylic acids is 2. The molecule has 6 heteroatoms. The summed E-state index contributed by atoms with van der Waals surface area (Å²) in [4.78, 5) is 26.8. The Morgan fingerprint density at radius 2 is 1.15 bits per heavy atom. The fourth-order valence-corrected chi connectivity index (χ4v) is 2.33. The van der Waals surface area contributed by atoms with Crippen molar-refractivity contribution in [2.75, 3.05) is 53.5 Å². The van der Waals surface area contributed by atoms with Crippen molar-refractivity contribution in [1.82, 2.24) is 9.80 Å². The minimum atomic E-state index is -0.133. The lowest BCUT2D eigenvalue weighted by atomic mass is 10.2. The lowest BCUT2D eigenvalue weighted by Crippen LogP contribution is -2.46. The number of nitrogens with zero attached hydrogens (tertiary/aromatic N) is 2. The van der Waals surface area contributed by atoms with Crippen molar-refractivity contribution in [3.8, 4) is 0 Å². The molecule has 0 aliphatic carbocycles. The molecule has 0 unspecified atom stereocenters. The van der Waals surface area contributed by atoms with Crippen molar-refractivity contribution < 1.29 is 19.1 Å². The van der Waals surface area contributed by atoms with Gasteiger partial charge in [-0.15, -0.1) is 0 Å². The molecular weight excluding hydrogens is 260 g/mol. The van der Waals surface area contributed by atoms with Gasteiger partial charge >= 0.3 is 11.9 Å². The summed E-state index contributed by atoms with van der Waals surface area (Å²) in [5.41, 5.74) is 0. The van der Waals surface area contributed by atoms with Gasteiger partial charge in [-0.05, 0) is 25.9 Å². The summed E-state index contributed by atoms with van der Waals surface area (Å²) in [5.74, 6) is -0.266. The number of piperazine rings is 1. The Bertz CT molecular complexity index is 272. The molecule has 0 bridgehead atoms. The smallest absolute Gasteiger partial charge is 0.305 e. The van der Waals surface area contributed by atoms with Gasteiger partial charge in [0.1, 0.15) is 0 Å². The third-order valence-corrected chi connectivity index (χ3v) is 3.63. The number of carbonyl (C=O) groups is 2. The van der Waals surface area contributed by atoms with Crippen molar-refractivity contribution in [1.29, 1.82) is 0 Å². The van der Waals surface area contributed by atoms with Gasteiger partial charge in [0, 0.05) is 39.0 Å². The molecule has 0 amide bonds. The molecule has 20 heavy (non-hydrogen) atoms. The van der Waals surface area contributed by atoms with E-state index in [-0.39, 0.29) is 11.9 Å². The van der Waals surface area contributed by atoms with E-state index in [1.807, 2.05) is 0 Å². The van der Waals surface area contributed by atoms with Gasteiger partial charge in [-0.2, -0.15) is 0 Å². The van der Waals surface area contributed by atoms with Crippen LogP contribution in [0, 0.1) is 0 Å². The van der Waals surface area contributed by atoms with E-state index in [1.165, 1.54) is 14.2 Å². The predicted molar refractivity (Wildman–Crippen MR) is 75.4 cm³/mol. The average molecular weight is 286 g/mol. The molecular formula is C14H26N2O4. The molecule has 0 N–H and O–H groups in total. The number of rotatable bonds is 8. The Balaban J connectivity index is 2.05. The first kappa shape index (κ1) is 16.9. The highest BCUT2D eigenvalue weighted by atomic mass is 16.5. The summed E-state index contributed by atoms with van der Waals surface area (Å²) in [7, 11) is 2.85. The lowest BCUT2D eigenvalue weighted by molar-refractivity contribution is -0.141. The summed E-state index contributed by atoms with van der Waals surface area (Å²) in [6, 6.07) is 0. The highest BCUT2D eigenvalue weighted by molar-refractivity contribution is 5.69. The molecule has 1 heterocycles. The van der Waals surface area contributed by atoms with E-state index in [0.717, 1.165) is 52.1 Å². The van der Waals surface area contributed by atoms with Crippen LogP contribution in [0.5, 0.6) is 0 Å². The van der Waals surface area contributed by atoms with Gasteiger partial charge in [-0.1, -0.05) is 0 Å². The van der Waals surface area contributed by atoms with E-state index < -0.39 is 0 Å². The Morgan fingerprint density at radius 1 is 0.800 bits per heavy atom. The molecule has 116 valence electrons. The van der Waals surface area contributed by atoms with Gasteiger partial charge in [0.25, 0.3) is 0 Å². The zero-order valence-corrected chi connectivity index (χ0v) is 12.6. The van der Waals surface area contributed by atoms with Gasteiger partial charge in [-0.3, -0.25) is 9.59 Å². The normalized spacial score (nSPS) is 16.9. The zero-order valence-electron chi connectivity index (χ0n) is 12.6. The van der Waals surface area contributed by atoms with Crippen LogP contribution in [0.3, 0.4) is 0 Å². The molecule has 1 aliphatic rings. The fraction of sp³-hybridized carbons (Fsp3) is 0.857. The molecule has 0 radical (unpaired) electrons. The topological polar surface area (TPSA) is 59.1 Å². The average Bonchev–Trinajstić information content (AvgIpc) is 2.48. The van der Waals surface area contributed by atoms with Crippen LogP contribution < -0.4 is 0 Å². The largest absolute Gasteiger partial charge is 0.469 e. The third-order valence-electron chi connectivity index (χ3n) is 3.63. The minimum Gasteiger partial charge on any atom is -0.469 e. The Kier molecular flexibility index (Phi) is 8.22. The molecule has 0 spiro atoms. The van der Waals surface area contributed by atoms with Crippen molar-refractivity contribution in [2.45, 2.75) is 25.7 Å². The van der Waals surface area contributed by atoms with Crippen LogP contribution in [0.1, 0.15) is 25.7 Å². The van der Waals surface area contributed by atoms with Crippen LogP contribution in [0.15, 0.2) is 0 Å². The van der Waals surface area contributed by atoms with E-state index in [2.05, 4.69) is 19.3 Å². The van der Waals surface area contributed by atoms with Crippen molar-refractivity contribution in [3.63, 3.8) is 0 Å². The Labute approximate surface area is 121 Å². The molecule has 1 fully saturated rings. The Morgan fingerprint density at radius 3 is 1.45 bits per heavy atom. The molecule has 0 atom stereocenters. The summed E-state index contributed by atoms with van der Waals surface area (Å²) in [5, 5.41) is 0. The van der Waals surface area contributed by atoms with Gasteiger partial charge in [0.15, 0.2) is 0 Å². The minimum absolute atomic E-state index is 0.133. The molecule has 1 aliphatic heterocycles. The van der Waals surface area contributed by atoms with Gasteiger partial charge in [-0.25, -0.2) is 0 Å². The lowest BCUT2D eigenvalue weighted by Gasteiger charge is -2.34. The maximum Gasteiger partial charge on any atom is 0.305 e. The second-order valence-electron chi connectivity index (χ2n) is 5.04. The van der Waals surface area contributed by atoms with E-state index in [9.17, 15) is 9.59 Å². The Hall–Kier alpha value is -1.14. The highest BCUT2D eigenvalue weighted by Crippen LogP contribution is 2.05. The first-order valence-corrected chi connectivity index (χ1v) is 7.24. The number of esters is 2. The molecule has 1 rings (SSSR count). The van der Waals surface area contributed by atoms with Crippen molar-refractivity contribution >= 4 is 11.9 Å². The van der Waals surface area contributed by atoms with Crippen molar-refractivity contribution in [2.24, 2.45) is 0 Å². The van der Waals surface area contributed by atoms with Crippen LogP contribution in [0.2, 0.25) is 0 Å². The molecule has 6 nitrogen and oxygen atoms in total. The van der Waals surface area contributed by atoms with E-state index >= 15 is 0 Å². The van der Waals surface area contributed by atoms with Crippen LogP contribution >= 0.6 is 0 Å². The van der Waals surface area contributed by atoms with Crippen LogP contribution in [0.4, 0.5) is 0 Å². The van der Waals surface area contributed by atoms with Crippen molar-refractivity contribution in [3.05, 3.63) is 0 Å². The van der Waals surface area contributed by atoms with Gasteiger partial charge in [0.2, 0.25) is 0 Å². The first-order valence-electron chi connectivity index (χ1n) is 7.24. The summed E-state index contributed by atoms with van der Waals surface area (Å²) in [6.45, 7) is 6.01. The second kappa shape index (κ2) is 9.72. The van der Waals surface area contributed by atoms with Crippen LogP contribution in [0.25, 0.3) is 0 Å². The number of ether oxygens (including phenoxy) is 2. The molecule has 0 saturated carbocycles. The maximum absolute atomic E-state index is 11.0. The first-order chi connectivity index (χ1) is 9.65. The molecule has 0 aromatic heterocycles. The molecule has 1 saturated heterocycles. The SMILES string of the molecule is COC(=O)CCCN1CCN(CCCC(=O)OC)CC1. The summed E-state index contributed by atoms with van der Waals surface area (Å²) >= 11 is 0. The summed E-state index contributed by atoms with van der Waals surface area (Å²) < 4.78 is 9.25. The number of hydrogen-bond donors (Lipinski definition) is 0. The third kappa shape index (κ3) is 6.86. The standard InChI is InChI=1S/C14H26N2O4/c1-19-13(17)5-3-7-15-9-11-16(12-10-15)8-4-6-14(18)20-2/h3-12H2,1-2H3. The molecule has 0 aromatic carbocycles. The number of methoxy groups -OCH3 is 2. The van der Waals surface area contributed by atoms with Gasteiger partial charge < -0.3 is 19.3 Å². The second-order valence-corrected chi connectivity index (χ2v) is 5.04. The predicted octanol–water partition coefficient (Wildman–Crippen LogP) is 0.510. The highest BCUT2D eigenvalue weighted by Gasteiger charge is 2.16. The molecule has 0 aromatic rings. The zero-order chi connectivity index (χ0) is 14.8. The van der Waals surface area contributed by atoms with Crippen LogP contribution in [-0.4, -0.2) is 75.2 Å². The van der Waals surface area contributed by atoms with Gasteiger partial charge in [0.05, 0.1) is 14.2 Å². The van der Waals surface area contributed by atoms with E-state index in [1.54, 1.807) is 0 Å². The van der Waals surface area contributed by atoms with E-state index in [0.29, 0.717) is 12.8 Å². The monoisotopic (exact) mass is 286 g/mol. The quantitative estimate of drug-likeness (QED) is 0.606. The number of hydrogen-bond acceptors (Lipinski definition) is 6. The van der Waals surface area contributed by atoms with E-state index in [4.69, 9.17) is 0 Å². The maximum atomic E-state index is 11.0. The fourth-order valence-electron chi connectivity index (χ4n) is 2.33. The summed E-state index contributed by atoms with van der Waals surface area (Å²) in [6.07, 6.45) is 2.70.